The van der Waals surface area contributed by atoms with Crippen LogP contribution in [-0.2, 0) is 9.59 Å². The van der Waals surface area contributed by atoms with Crippen LogP contribution >= 0.6 is 22.6 Å². The van der Waals surface area contributed by atoms with Crippen LogP contribution in [0.15, 0.2) is 66.2 Å². The van der Waals surface area contributed by atoms with Crippen molar-refractivity contribution in [3.63, 3.8) is 0 Å². The van der Waals surface area contributed by atoms with Gasteiger partial charge in [-0.2, -0.15) is 5.26 Å². The van der Waals surface area contributed by atoms with E-state index in [-0.39, 0.29) is 12.2 Å². The van der Waals surface area contributed by atoms with Crippen LogP contribution in [0, 0.1) is 20.7 Å². The minimum atomic E-state index is -0.571. The third kappa shape index (κ3) is 7.94. The van der Waals surface area contributed by atoms with Crippen molar-refractivity contribution in [2.24, 2.45) is 0 Å². The lowest BCUT2D eigenvalue weighted by atomic mass is 10.1. The second kappa shape index (κ2) is 13.3. The number of ether oxygens (including phenoxy) is 3. The number of carbonyl (C=O) groups excluding carboxylic acids is 2. The fourth-order valence-electron chi connectivity index (χ4n) is 3.15. The standard InChI is InChI=1S/C27H23FIN3O5/c1-3-36-22-10-8-21(9-11-22)32-27(34)18(15-30)12-17-13-23(29)26(24(14-17)35-2)37-16-25(33)31-20-6-4-19(28)5-7-20/h4-14H,3,16H2,1-2H3,(H,31,33)(H,32,34)/b18-12+. The topological polar surface area (TPSA) is 110 Å². The van der Waals surface area contributed by atoms with Gasteiger partial charge in [0, 0.05) is 11.4 Å². The van der Waals surface area contributed by atoms with Gasteiger partial charge in [-0.1, -0.05) is 0 Å². The maximum atomic E-state index is 13.0. The zero-order chi connectivity index (χ0) is 26.8. The molecule has 37 heavy (non-hydrogen) atoms. The maximum Gasteiger partial charge on any atom is 0.266 e. The van der Waals surface area contributed by atoms with Crippen molar-refractivity contribution in [1.29, 1.82) is 5.26 Å². The normalized spacial score (nSPS) is 10.7. The molecule has 3 aromatic rings. The van der Waals surface area contributed by atoms with Crippen LogP contribution in [0.25, 0.3) is 6.08 Å². The number of halogens is 2. The molecule has 0 heterocycles. The Morgan fingerprint density at radius 1 is 1.03 bits per heavy atom. The molecule has 3 aromatic carbocycles. The van der Waals surface area contributed by atoms with E-state index < -0.39 is 17.6 Å². The summed E-state index contributed by atoms with van der Waals surface area (Å²) in [7, 11) is 1.44. The molecule has 0 bridgehead atoms. The minimum absolute atomic E-state index is 0.112. The predicted octanol–water partition coefficient (Wildman–Crippen LogP) is 5.40. The number of hydrogen-bond donors (Lipinski definition) is 2. The van der Waals surface area contributed by atoms with E-state index in [1.54, 1.807) is 36.4 Å². The number of nitriles is 1. The molecular weight excluding hydrogens is 592 g/mol. The Morgan fingerprint density at radius 3 is 2.30 bits per heavy atom. The quantitative estimate of drug-likeness (QED) is 0.180. The van der Waals surface area contributed by atoms with Gasteiger partial charge in [-0.05, 0) is 102 Å². The molecule has 0 radical (unpaired) electrons. The summed E-state index contributed by atoms with van der Waals surface area (Å²) in [5.41, 5.74) is 1.37. The van der Waals surface area contributed by atoms with Crippen molar-refractivity contribution in [1.82, 2.24) is 0 Å². The maximum absolute atomic E-state index is 13.0. The Labute approximate surface area is 227 Å². The van der Waals surface area contributed by atoms with Gasteiger partial charge in [0.25, 0.3) is 11.8 Å². The van der Waals surface area contributed by atoms with Crippen LogP contribution in [0.2, 0.25) is 0 Å². The first-order valence-corrected chi connectivity index (χ1v) is 12.1. The molecule has 3 rings (SSSR count). The van der Waals surface area contributed by atoms with Crippen LogP contribution in [0.5, 0.6) is 17.2 Å². The molecular formula is C27H23FIN3O5. The Morgan fingerprint density at radius 2 is 1.68 bits per heavy atom. The van der Waals surface area contributed by atoms with Gasteiger partial charge in [-0.25, -0.2) is 4.39 Å². The van der Waals surface area contributed by atoms with Crippen molar-refractivity contribution < 1.29 is 28.2 Å². The zero-order valence-corrected chi connectivity index (χ0v) is 22.2. The van der Waals surface area contributed by atoms with E-state index in [1.807, 2.05) is 35.6 Å². The highest BCUT2D eigenvalue weighted by atomic mass is 127. The van der Waals surface area contributed by atoms with E-state index in [2.05, 4.69) is 10.6 Å². The number of hydrogen-bond acceptors (Lipinski definition) is 6. The molecule has 8 nitrogen and oxygen atoms in total. The van der Waals surface area contributed by atoms with Gasteiger partial charge < -0.3 is 24.8 Å². The molecule has 0 spiro atoms. The number of methoxy groups -OCH3 is 1. The smallest absolute Gasteiger partial charge is 0.266 e. The Balaban J connectivity index is 1.70. The summed E-state index contributed by atoms with van der Waals surface area (Å²) < 4.78 is 30.1. The minimum Gasteiger partial charge on any atom is -0.494 e. The van der Waals surface area contributed by atoms with Crippen LogP contribution in [0.3, 0.4) is 0 Å². The average Bonchev–Trinajstić information content (AvgIpc) is 2.88. The summed E-state index contributed by atoms with van der Waals surface area (Å²) in [6.07, 6.45) is 1.43. The Hall–Kier alpha value is -4.11. The van der Waals surface area contributed by atoms with Crippen LogP contribution in [0.4, 0.5) is 15.8 Å². The lowest BCUT2D eigenvalue weighted by Crippen LogP contribution is -2.20. The van der Waals surface area contributed by atoms with E-state index in [0.717, 1.165) is 0 Å². The summed E-state index contributed by atoms with van der Waals surface area (Å²) >= 11 is 2.01. The number of anilines is 2. The van der Waals surface area contributed by atoms with E-state index >= 15 is 0 Å². The van der Waals surface area contributed by atoms with E-state index in [4.69, 9.17) is 14.2 Å². The van der Waals surface area contributed by atoms with Gasteiger partial charge in [0.1, 0.15) is 23.2 Å². The number of carbonyl (C=O) groups is 2. The molecule has 0 aliphatic rings. The molecule has 2 amide bonds. The molecule has 10 heteroatoms. The van der Waals surface area contributed by atoms with Crippen molar-refractivity contribution in [3.8, 4) is 23.3 Å². The molecule has 0 fully saturated rings. The molecule has 0 saturated carbocycles. The number of amides is 2. The van der Waals surface area contributed by atoms with Gasteiger partial charge >= 0.3 is 0 Å². The first-order valence-electron chi connectivity index (χ1n) is 11.0. The molecule has 0 atom stereocenters. The van der Waals surface area contributed by atoms with E-state index in [0.29, 0.717) is 44.4 Å². The highest BCUT2D eigenvalue weighted by molar-refractivity contribution is 14.1. The Kier molecular flexibility index (Phi) is 9.85. The molecule has 0 aromatic heterocycles. The molecule has 0 unspecified atom stereocenters. The van der Waals surface area contributed by atoms with Crippen LogP contribution in [0.1, 0.15) is 12.5 Å². The van der Waals surface area contributed by atoms with Crippen molar-refractivity contribution in [2.75, 3.05) is 31.0 Å². The first kappa shape index (κ1) is 27.5. The highest BCUT2D eigenvalue weighted by Gasteiger charge is 2.15. The molecule has 0 aliphatic heterocycles. The first-order chi connectivity index (χ1) is 17.8. The molecule has 2 N–H and O–H groups in total. The summed E-state index contributed by atoms with van der Waals surface area (Å²) in [6, 6.07) is 17.4. The zero-order valence-electron chi connectivity index (χ0n) is 20.0. The van der Waals surface area contributed by atoms with Gasteiger partial charge in [0.2, 0.25) is 0 Å². The fourth-order valence-corrected chi connectivity index (χ4v) is 3.93. The number of nitrogens with zero attached hydrogens (tertiary/aromatic N) is 1. The summed E-state index contributed by atoms with van der Waals surface area (Å²) in [5, 5.41) is 14.9. The molecule has 190 valence electrons. The van der Waals surface area contributed by atoms with Gasteiger partial charge in [0.05, 0.1) is 17.3 Å². The lowest BCUT2D eigenvalue weighted by molar-refractivity contribution is -0.118. The third-order valence-corrected chi connectivity index (χ3v) is 5.63. The monoisotopic (exact) mass is 615 g/mol. The lowest BCUT2D eigenvalue weighted by Gasteiger charge is -2.14. The van der Waals surface area contributed by atoms with E-state index in [1.165, 1.54) is 37.5 Å². The van der Waals surface area contributed by atoms with Crippen molar-refractivity contribution >= 4 is 51.9 Å². The van der Waals surface area contributed by atoms with E-state index in [9.17, 15) is 19.2 Å². The molecule has 0 saturated heterocycles. The fraction of sp³-hybridized carbons (Fsp3) is 0.148. The SMILES string of the molecule is CCOc1ccc(NC(=O)/C(C#N)=C/c2cc(I)c(OCC(=O)Nc3ccc(F)cc3)c(OC)c2)cc1. The summed E-state index contributed by atoms with van der Waals surface area (Å²) in [4.78, 5) is 24.9. The Bertz CT molecular complexity index is 1340. The van der Waals surface area contributed by atoms with Gasteiger partial charge in [0.15, 0.2) is 18.1 Å². The van der Waals surface area contributed by atoms with Crippen molar-refractivity contribution in [2.45, 2.75) is 6.92 Å². The molecule has 0 aliphatic carbocycles. The van der Waals surface area contributed by atoms with Gasteiger partial charge in [-0.3, -0.25) is 9.59 Å². The largest absolute Gasteiger partial charge is 0.494 e. The second-order valence-corrected chi connectivity index (χ2v) is 8.62. The second-order valence-electron chi connectivity index (χ2n) is 7.46. The number of benzene rings is 3. The number of rotatable bonds is 10. The van der Waals surface area contributed by atoms with Crippen molar-refractivity contribution in [3.05, 3.63) is 81.2 Å². The summed E-state index contributed by atoms with van der Waals surface area (Å²) in [5.74, 6) is -0.0993. The predicted molar refractivity (Wildman–Crippen MR) is 146 cm³/mol. The third-order valence-electron chi connectivity index (χ3n) is 4.83. The number of nitrogens with one attached hydrogen (secondary N) is 2. The van der Waals surface area contributed by atoms with Gasteiger partial charge in [-0.15, -0.1) is 0 Å². The average molecular weight is 615 g/mol. The summed E-state index contributed by atoms with van der Waals surface area (Å²) in [6.45, 7) is 2.09. The highest BCUT2D eigenvalue weighted by Crippen LogP contribution is 2.34. The van der Waals surface area contributed by atoms with Crippen LogP contribution in [-0.4, -0.2) is 32.1 Å². The van der Waals surface area contributed by atoms with Crippen LogP contribution < -0.4 is 24.8 Å².